The summed E-state index contributed by atoms with van der Waals surface area (Å²) in [7, 11) is 0. The number of halogens is 1. The first kappa shape index (κ1) is 17.5. The Bertz CT molecular complexity index is 595. The van der Waals surface area contributed by atoms with E-state index in [9.17, 15) is 9.90 Å². The van der Waals surface area contributed by atoms with Crippen molar-refractivity contribution in [1.82, 2.24) is 0 Å². The number of nitrogens with zero attached hydrogens (tertiary/aromatic N) is 1. The Morgan fingerprint density at radius 2 is 2.22 bits per heavy atom. The van der Waals surface area contributed by atoms with E-state index in [4.69, 9.17) is 5.26 Å². The summed E-state index contributed by atoms with van der Waals surface area (Å²) in [4.78, 5) is 11.6. The van der Waals surface area contributed by atoms with E-state index in [2.05, 4.69) is 6.92 Å². The van der Waals surface area contributed by atoms with Crippen LogP contribution in [0.4, 0.5) is 4.39 Å². The largest absolute Gasteiger partial charge is 0.481 e. The lowest BCUT2D eigenvalue weighted by atomic mass is 9.67. The first-order valence-electron chi connectivity index (χ1n) is 8.43. The number of unbranched alkanes of at least 4 members (excludes halogenated alkanes) is 2. The van der Waals surface area contributed by atoms with Gasteiger partial charge >= 0.3 is 5.97 Å². The van der Waals surface area contributed by atoms with E-state index in [0.717, 1.165) is 32.1 Å². The van der Waals surface area contributed by atoms with Crippen molar-refractivity contribution in [1.29, 1.82) is 5.26 Å². The van der Waals surface area contributed by atoms with Crippen LogP contribution < -0.4 is 0 Å². The van der Waals surface area contributed by atoms with Crippen LogP contribution in [-0.2, 0) is 10.5 Å². The van der Waals surface area contributed by atoms with Crippen molar-refractivity contribution in [3.05, 3.63) is 35.4 Å². The monoisotopic (exact) mass is 317 g/mol. The number of carbonyl (C=O) groups is 1. The van der Waals surface area contributed by atoms with Gasteiger partial charge in [-0.3, -0.25) is 4.79 Å². The molecule has 3 atom stereocenters. The zero-order chi connectivity index (χ0) is 16.9. The first-order valence-corrected chi connectivity index (χ1v) is 8.43. The van der Waals surface area contributed by atoms with Gasteiger partial charge in [0.05, 0.1) is 17.6 Å². The molecular formula is C19H24FNO2. The molecule has 3 nitrogen and oxygen atoms in total. The quantitative estimate of drug-likeness (QED) is 0.766. The highest BCUT2D eigenvalue weighted by Gasteiger charge is 2.49. The number of aliphatic carboxylic acids is 1. The summed E-state index contributed by atoms with van der Waals surface area (Å²) in [5.41, 5.74) is -1.17. The molecule has 1 saturated carbocycles. The van der Waals surface area contributed by atoms with Gasteiger partial charge in [0.25, 0.3) is 0 Å². The second-order valence-corrected chi connectivity index (χ2v) is 6.59. The number of carboxylic acids is 1. The number of hydrogen-bond donors (Lipinski definition) is 1. The molecule has 1 aliphatic rings. The molecule has 0 saturated heterocycles. The second kappa shape index (κ2) is 7.59. The summed E-state index contributed by atoms with van der Waals surface area (Å²) in [5.74, 6) is -1.89. The van der Waals surface area contributed by atoms with Crippen molar-refractivity contribution in [2.24, 2.45) is 11.8 Å². The van der Waals surface area contributed by atoms with Crippen LogP contribution in [0, 0.1) is 23.2 Å². The SMILES string of the molecule is CCCCC[C@H]1CC[C@H](C(=O)O)C(F)(c2cccc(C#N)c2)C1. The third-order valence-corrected chi connectivity index (χ3v) is 4.99. The van der Waals surface area contributed by atoms with E-state index < -0.39 is 17.6 Å². The van der Waals surface area contributed by atoms with E-state index in [0.29, 0.717) is 17.5 Å². The van der Waals surface area contributed by atoms with Gasteiger partial charge in [-0.05, 0) is 42.9 Å². The summed E-state index contributed by atoms with van der Waals surface area (Å²) in [6.07, 6.45) is 5.63. The van der Waals surface area contributed by atoms with Gasteiger partial charge in [-0.1, -0.05) is 44.7 Å². The van der Waals surface area contributed by atoms with E-state index in [1.54, 1.807) is 18.2 Å². The van der Waals surface area contributed by atoms with Crippen LogP contribution in [0.25, 0.3) is 0 Å². The molecular weight excluding hydrogens is 293 g/mol. The van der Waals surface area contributed by atoms with Crippen LogP contribution in [-0.4, -0.2) is 11.1 Å². The van der Waals surface area contributed by atoms with E-state index >= 15 is 4.39 Å². The Hall–Kier alpha value is -1.89. The van der Waals surface area contributed by atoms with Crippen molar-refractivity contribution < 1.29 is 14.3 Å². The average Bonchev–Trinajstić information content (AvgIpc) is 2.55. The summed E-state index contributed by atoms with van der Waals surface area (Å²) >= 11 is 0. The Labute approximate surface area is 137 Å². The van der Waals surface area contributed by atoms with Gasteiger partial charge in [0.15, 0.2) is 0 Å². The molecule has 0 aliphatic heterocycles. The Kier molecular flexibility index (Phi) is 5.76. The predicted octanol–water partition coefficient (Wildman–Crippen LogP) is 4.80. The molecule has 1 N–H and O–H groups in total. The van der Waals surface area contributed by atoms with Gasteiger partial charge in [-0.15, -0.1) is 0 Å². The fourth-order valence-electron chi connectivity index (χ4n) is 3.71. The van der Waals surface area contributed by atoms with Gasteiger partial charge in [0.1, 0.15) is 5.67 Å². The fraction of sp³-hybridized carbons (Fsp3) is 0.579. The molecule has 1 unspecified atom stereocenters. The minimum atomic E-state index is -1.88. The van der Waals surface area contributed by atoms with Crippen molar-refractivity contribution in [3.63, 3.8) is 0 Å². The topological polar surface area (TPSA) is 61.1 Å². The van der Waals surface area contributed by atoms with Crippen LogP contribution in [0.5, 0.6) is 0 Å². The molecule has 1 aromatic carbocycles. The highest BCUT2D eigenvalue weighted by molar-refractivity contribution is 5.72. The predicted molar refractivity (Wildman–Crippen MR) is 86.6 cm³/mol. The van der Waals surface area contributed by atoms with E-state index in [-0.39, 0.29) is 12.3 Å². The van der Waals surface area contributed by atoms with Crippen molar-refractivity contribution >= 4 is 5.97 Å². The van der Waals surface area contributed by atoms with Gasteiger partial charge in [0, 0.05) is 0 Å². The van der Waals surface area contributed by atoms with Crippen LogP contribution in [0.1, 0.15) is 63.0 Å². The lowest BCUT2D eigenvalue weighted by molar-refractivity contribution is -0.152. The Morgan fingerprint density at radius 3 is 2.87 bits per heavy atom. The van der Waals surface area contributed by atoms with Gasteiger partial charge < -0.3 is 5.11 Å². The molecule has 2 rings (SSSR count). The van der Waals surface area contributed by atoms with E-state index in [1.165, 1.54) is 6.07 Å². The van der Waals surface area contributed by atoms with Crippen LogP contribution >= 0.6 is 0 Å². The van der Waals surface area contributed by atoms with Gasteiger partial charge in [-0.25, -0.2) is 4.39 Å². The first-order chi connectivity index (χ1) is 11.0. The smallest absolute Gasteiger partial charge is 0.310 e. The Morgan fingerprint density at radius 1 is 1.43 bits per heavy atom. The third-order valence-electron chi connectivity index (χ3n) is 4.99. The molecule has 0 spiro atoms. The molecule has 4 heteroatoms. The summed E-state index contributed by atoms with van der Waals surface area (Å²) in [5, 5.41) is 18.5. The van der Waals surface area contributed by atoms with Crippen LogP contribution in [0.2, 0.25) is 0 Å². The molecule has 0 aromatic heterocycles. The van der Waals surface area contributed by atoms with Crippen LogP contribution in [0.3, 0.4) is 0 Å². The standard InChI is InChI=1S/C19H24FNO2/c1-2-3-4-6-14-9-10-17(18(22)23)19(20,12-14)16-8-5-7-15(11-16)13-21/h5,7-8,11,14,17H,2-4,6,9-10,12H2,1H3,(H,22,23)/t14-,17+,19?/m0/s1. The van der Waals surface area contributed by atoms with Crippen molar-refractivity contribution in [2.45, 2.75) is 57.5 Å². The number of alkyl halides is 1. The molecule has 1 fully saturated rings. The number of rotatable bonds is 6. The molecule has 1 aromatic rings. The maximum Gasteiger partial charge on any atom is 0.310 e. The van der Waals surface area contributed by atoms with E-state index in [1.807, 2.05) is 6.07 Å². The molecule has 124 valence electrons. The molecule has 1 aliphatic carbocycles. The van der Waals surface area contributed by atoms with Crippen molar-refractivity contribution in [3.8, 4) is 6.07 Å². The highest BCUT2D eigenvalue weighted by atomic mass is 19.1. The minimum absolute atomic E-state index is 0.216. The number of nitriles is 1. The summed E-state index contributed by atoms with van der Waals surface area (Å²) in [6.45, 7) is 2.13. The van der Waals surface area contributed by atoms with Crippen molar-refractivity contribution in [2.75, 3.05) is 0 Å². The van der Waals surface area contributed by atoms with Gasteiger partial charge in [-0.2, -0.15) is 5.26 Å². The maximum absolute atomic E-state index is 15.8. The highest BCUT2D eigenvalue weighted by Crippen LogP contribution is 2.48. The minimum Gasteiger partial charge on any atom is -0.481 e. The van der Waals surface area contributed by atoms with Crippen LogP contribution in [0.15, 0.2) is 24.3 Å². The fourth-order valence-corrected chi connectivity index (χ4v) is 3.71. The summed E-state index contributed by atoms with van der Waals surface area (Å²) < 4.78 is 15.8. The zero-order valence-corrected chi connectivity index (χ0v) is 13.6. The molecule has 0 bridgehead atoms. The molecule has 0 radical (unpaired) electrons. The molecule has 0 heterocycles. The normalized spacial score (nSPS) is 27.3. The number of benzene rings is 1. The zero-order valence-electron chi connectivity index (χ0n) is 13.6. The lowest BCUT2D eigenvalue weighted by Crippen LogP contribution is -2.41. The van der Waals surface area contributed by atoms with Gasteiger partial charge in [0.2, 0.25) is 0 Å². The Balaban J connectivity index is 2.27. The average molecular weight is 317 g/mol. The molecule has 23 heavy (non-hydrogen) atoms. The maximum atomic E-state index is 15.8. The number of hydrogen-bond acceptors (Lipinski definition) is 2. The molecule has 0 amide bonds. The number of carboxylic acid groups (broad SMARTS) is 1. The second-order valence-electron chi connectivity index (χ2n) is 6.59. The lowest BCUT2D eigenvalue weighted by Gasteiger charge is -2.40. The third kappa shape index (κ3) is 3.90. The summed E-state index contributed by atoms with van der Waals surface area (Å²) in [6, 6.07) is 8.38.